The van der Waals surface area contributed by atoms with Crippen molar-refractivity contribution < 1.29 is 9.53 Å². The van der Waals surface area contributed by atoms with Crippen LogP contribution in [0.15, 0.2) is 0 Å². The van der Waals surface area contributed by atoms with Crippen molar-refractivity contribution in [3.8, 4) is 0 Å². The number of carbonyl (C=O) groups excluding carboxylic acids is 1. The van der Waals surface area contributed by atoms with Crippen LogP contribution < -0.4 is 0 Å². The van der Waals surface area contributed by atoms with Gasteiger partial charge in [-0.3, -0.25) is 9.89 Å². The van der Waals surface area contributed by atoms with Crippen LogP contribution in [0.25, 0.3) is 0 Å². The van der Waals surface area contributed by atoms with E-state index >= 15 is 0 Å². The van der Waals surface area contributed by atoms with E-state index in [4.69, 9.17) is 4.74 Å². The Labute approximate surface area is 126 Å². The van der Waals surface area contributed by atoms with Crippen LogP contribution in [0.1, 0.15) is 60.3 Å². The molecule has 1 aliphatic carbocycles. The van der Waals surface area contributed by atoms with Gasteiger partial charge in [-0.1, -0.05) is 0 Å². The Morgan fingerprint density at radius 3 is 3.00 bits per heavy atom. The molecule has 21 heavy (non-hydrogen) atoms. The molecule has 3 rings (SSSR count). The van der Waals surface area contributed by atoms with Gasteiger partial charge in [0, 0.05) is 31.5 Å². The molecule has 2 aliphatic rings. The molecule has 116 valence electrons. The topological polar surface area (TPSA) is 58.2 Å². The zero-order chi connectivity index (χ0) is 14.7. The number of hydrogen-bond donors (Lipinski definition) is 1. The maximum Gasteiger partial charge on any atom is 0.274 e. The van der Waals surface area contributed by atoms with Gasteiger partial charge < -0.3 is 9.64 Å². The molecule has 0 aromatic carbocycles. The van der Waals surface area contributed by atoms with Crippen LogP contribution in [0.5, 0.6) is 0 Å². The fraction of sp³-hybridized carbons (Fsp3) is 0.750. The lowest BCUT2D eigenvalue weighted by Crippen LogP contribution is -2.32. The SMILES string of the molecule is CN(CCC1CCCCO1)C(=O)c1n[nH]c2c1CCCC2. The minimum Gasteiger partial charge on any atom is -0.378 e. The van der Waals surface area contributed by atoms with Gasteiger partial charge in [-0.2, -0.15) is 5.10 Å². The van der Waals surface area contributed by atoms with Crippen molar-refractivity contribution in [2.24, 2.45) is 0 Å². The summed E-state index contributed by atoms with van der Waals surface area (Å²) in [5.74, 6) is 0.0465. The van der Waals surface area contributed by atoms with Crippen molar-refractivity contribution >= 4 is 5.91 Å². The zero-order valence-corrected chi connectivity index (χ0v) is 12.9. The van der Waals surface area contributed by atoms with Crippen LogP contribution in [0, 0.1) is 0 Å². The highest BCUT2D eigenvalue weighted by molar-refractivity contribution is 5.93. The third-order valence-electron chi connectivity index (χ3n) is 4.67. The zero-order valence-electron chi connectivity index (χ0n) is 12.9. The van der Waals surface area contributed by atoms with Gasteiger partial charge in [-0.05, 0) is 51.4 Å². The number of aromatic nitrogens is 2. The highest BCUT2D eigenvalue weighted by Crippen LogP contribution is 2.23. The Bertz CT molecular complexity index is 492. The van der Waals surface area contributed by atoms with E-state index in [-0.39, 0.29) is 5.91 Å². The molecule has 0 bridgehead atoms. The van der Waals surface area contributed by atoms with E-state index in [1.807, 2.05) is 7.05 Å². The maximum absolute atomic E-state index is 12.6. The maximum atomic E-state index is 12.6. The predicted octanol–water partition coefficient (Wildman–Crippen LogP) is 2.32. The minimum atomic E-state index is 0.0465. The Morgan fingerprint density at radius 1 is 1.33 bits per heavy atom. The van der Waals surface area contributed by atoms with Crippen molar-refractivity contribution in [3.63, 3.8) is 0 Å². The fourth-order valence-electron chi connectivity index (χ4n) is 3.31. The molecule has 1 saturated heterocycles. The summed E-state index contributed by atoms with van der Waals surface area (Å²) < 4.78 is 5.73. The lowest BCUT2D eigenvalue weighted by atomic mass is 9.95. The van der Waals surface area contributed by atoms with Crippen LogP contribution >= 0.6 is 0 Å². The molecule has 5 nitrogen and oxygen atoms in total. The minimum absolute atomic E-state index is 0.0465. The van der Waals surface area contributed by atoms with Gasteiger partial charge in [-0.25, -0.2) is 0 Å². The van der Waals surface area contributed by atoms with Crippen molar-refractivity contribution in [1.29, 1.82) is 0 Å². The van der Waals surface area contributed by atoms with E-state index < -0.39 is 0 Å². The van der Waals surface area contributed by atoms with E-state index in [0.29, 0.717) is 11.8 Å². The van der Waals surface area contributed by atoms with Crippen molar-refractivity contribution in [2.75, 3.05) is 20.2 Å². The van der Waals surface area contributed by atoms with E-state index in [1.165, 1.54) is 19.3 Å². The summed E-state index contributed by atoms with van der Waals surface area (Å²) in [6.45, 7) is 1.61. The molecule has 5 heteroatoms. The smallest absolute Gasteiger partial charge is 0.274 e. The molecule has 1 aromatic heterocycles. The van der Waals surface area contributed by atoms with Gasteiger partial charge >= 0.3 is 0 Å². The van der Waals surface area contributed by atoms with Crippen LogP contribution in [0.3, 0.4) is 0 Å². The van der Waals surface area contributed by atoms with Gasteiger partial charge in [0.2, 0.25) is 0 Å². The van der Waals surface area contributed by atoms with Gasteiger partial charge in [0.25, 0.3) is 5.91 Å². The summed E-state index contributed by atoms with van der Waals surface area (Å²) in [6, 6.07) is 0. The van der Waals surface area contributed by atoms with Crippen LogP contribution in [0.4, 0.5) is 0 Å². The van der Waals surface area contributed by atoms with E-state index in [9.17, 15) is 4.79 Å². The average molecular weight is 291 g/mol. The summed E-state index contributed by atoms with van der Waals surface area (Å²) in [7, 11) is 1.87. The third-order valence-corrected chi connectivity index (χ3v) is 4.67. The van der Waals surface area contributed by atoms with Gasteiger partial charge in [0.1, 0.15) is 0 Å². The molecule has 1 unspecified atom stereocenters. The summed E-state index contributed by atoms with van der Waals surface area (Å²) >= 11 is 0. The third kappa shape index (κ3) is 3.28. The van der Waals surface area contributed by atoms with E-state index in [2.05, 4.69) is 10.2 Å². The number of hydrogen-bond acceptors (Lipinski definition) is 3. The number of amides is 1. The molecule has 1 aliphatic heterocycles. The standard InChI is InChI=1S/C16H25N3O2/c1-19(10-9-12-6-4-5-11-21-12)16(20)15-13-7-2-3-8-14(13)17-18-15/h12H,2-11H2,1H3,(H,17,18). The molecular weight excluding hydrogens is 266 g/mol. The van der Waals surface area contributed by atoms with Gasteiger partial charge in [0.05, 0.1) is 6.10 Å². The number of rotatable bonds is 4. The fourth-order valence-corrected chi connectivity index (χ4v) is 3.31. The first-order valence-corrected chi connectivity index (χ1v) is 8.19. The lowest BCUT2D eigenvalue weighted by Gasteiger charge is -2.25. The van der Waals surface area contributed by atoms with E-state index in [1.54, 1.807) is 4.90 Å². The Kier molecular flexibility index (Phi) is 4.58. The largest absolute Gasteiger partial charge is 0.378 e. The Balaban J connectivity index is 1.57. The number of aromatic amines is 1. The monoisotopic (exact) mass is 291 g/mol. The summed E-state index contributed by atoms with van der Waals surface area (Å²) in [5.41, 5.74) is 2.94. The highest BCUT2D eigenvalue weighted by Gasteiger charge is 2.24. The van der Waals surface area contributed by atoms with E-state index in [0.717, 1.165) is 56.5 Å². The number of H-pyrrole nitrogens is 1. The van der Waals surface area contributed by atoms with Gasteiger partial charge in [-0.15, -0.1) is 0 Å². The second-order valence-electron chi connectivity index (χ2n) is 6.24. The first-order valence-electron chi connectivity index (χ1n) is 8.19. The van der Waals surface area contributed by atoms with Crippen LogP contribution in [-0.4, -0.2) is 47.3 Å². The number of nitrogens with zero attached hydrogens (tertiary/aromatic N) is 2. The van der Waals surface area contributed by atoms with Crippen molar-refractivity contribution in [2.45, 2.75) is 57.5 Å². The number of nitrogens with one attached hydrogen (secondary N) is 1. The molecule has 0 spiro atoms. The van der Waals surface area contributed by atoms with Crippen molar-refractivity contribution in [3.05, 3.63) is 17.0 Å². The molecule has 1 amide bonds. The highest BCUT2D eigenvalue weighted by atomic mass is 16.5. The van der Waals surface area contributed by atoms with Gasteiger partial charge in [0.15, 0.2) is 5.69 Å². The number of carbonyl (C=O) groups is 1. The van der Waals surface area contributed by atoms with Crippen LogP contribution in [-0.2, 0) is 17.6 Å². The number of fused-ring (bicyclic) bond motifs is 1. The average Bonchev–Trinajstić information content (AvgIpc) is 2.97. The molecular formula is C16H25N3O2. The Morgan fingerprint density at radius 2 is 2.19 bits per heavy atom. The van der Waals surface area contributed by atoms with Crippen LogP contribution in [0.2, 0.25) is 0 Å². The molecule has 1 fully saturated rings. The summed E-state index contributed by atoms with van der Waals surface area (Å²) in [6.07, 6.45) is 9.14. The molecule has 1 aromatic rings. The summed E-state index contributed by atoms with van der Waals surface area (Å²) in [5, 5.41) is 7.31. The Hall–Kier alpha value is -1.36. The number of aryl methyl sites for hydroxylation is 1. The molecule has 1 atom stereocenters. The quantitative estimate of drug-likeness (QED) is 0.926. The number of ether oxygens (including phenoxy) is 1. The molecule has 2 heterocycles. The first-order chi connectivity index (χ1) is 10.3. The summed E-state index contributed by atoms with van der Waals surface area (Å²) in [4.78, 5) is 14.3. The second kappa shape index (κ2) is 6.60. The second-order valence-corrected chi connectivity index (χ2v) is 6.24. The predicted molar refractivity (Wildman–Crippen MR) is 80.4 cm³/mol. The van der Waals surface area contributed by atoms with Crippen molar-refractivity contribution in [1.82, 2.24) is 15.1 Å². The normalized spacial score (nSPS) is 21.9. The molecule has 0 radical (unpaired) electrons. The molecule has 1 N–H and O–H groups in total. The molecule has 0 saturated carbocycles. The lowest BCUT2D eigenvalue weighted by molar-refractivity contribution is 0.00705. The first kappa shape index (κ1) is 14.6.